The number of carbonyl (C=O) groups excluding carboxylic acids is 4. The van der Waals surface area contributed by atoms with Gasteiger partial charge in [-0.3, -0.25) is 14.5 Å². The molecule has 1 aliphatic heterocycles. The number of hydrogen-bond donors (Lipinski definition) is 1. The maximum Gasteiger partial charge on any atom is 0.338 e. The third-order valence-corrected chi connectivity index (χ3v) is 7.59. The van der Waals surface area contributed by atoms with E-state index in [1.165, 1.54) is 31.3 Å². The van der Waals surface area contributed by atoms with Crippen LogP contribution < -0.4 is 14.8 Å². The second-order valence-electron chi connectivity index (χ2n) is 9.20. The topological polar surface area (TPSA) is 133 Å². The Hall–Kier alpha value is -4.84. The van der Waals surface area contributed by atoms with E-state index in [1.807, 2.05) is 6.07 Å². The highest BCUT2D eigenvalue weighted by molar-refractivity contribution is 8.15. The van der Waals surface area contributed by atoms with E-state index in [9.17, 15) is 19.2 Å². The number of thioether (sulfide) groups is 1. The van der Waals surface area contributed by atoms with E-state index in [1.54, 1.807) is 62.6 Å². The molecule has 1 saturated heterocycles. The number of amidine groups is 1. The molecule has 1 aliphatic rings. The van der Waals surface area contributed by atoms with Crippen LogP contribution in [0, 0.1) is 0 Å². The van der Waals surface area contributed by atoms with Crippen molar-refractivity contribution in [3.63, 3.8) is 0 Å². The molecule has 43 heavy (non-hydrogen) atoms. The van der Waals surface area contributed by atoms with E-state index in [4.69, 9.17) is 23.9 Å². The first-order valence-electron chi connectivity index (χ1n) is 13.3. The van der Waals surface area contributed by atoms with E-state index in [-0.39, 0.29) is 31.4 Å². The normalized spacial score (nSPS) is 15.5. The van der Waals surface area contributed by atoms with Crippen molar-refractivity contribution in [2.24, 2.45) is 4.99 Å². The second-order valence-corrected chi connectivity index (χ2v) is 10.4. The zero-order valence-corrected chi connectivity index (χ0v) is 24.9. The van der Waals surface area contributed by atoms with Gasteiger partial charge in [0, 0.05) is 12.1 Å². The summed E-state index contributed by atoms with van der Waals surface area (Å²) in [6.45, 7) is 2.16. The van der Waals surface area contributed by atoms with Crippen molar-refractivity contribution < 1.29 is 38.1 Å². The molecule has 0 spiro atoms. The number of aliphatic imine (C=N–C) groups is 1. The lowest BCUT2D eigenvalue weighted by atomic mass is 10.1. The molecule has 2 amide bonds. The number of rotatable bonds is 10. The smallest absolute Gasteiger partial charge is 0.338 e. The van der Waals surface area contributed by atoms with E-state index in [0.29, 0.717) is 39.2 Å². The minimum Gasteiger partial charge on any atom is -0.493 e. The van der Waals surface area contributed by atoms with Gasteiger partial charge in [-0.05, 0) is 73.2 Å². The van der Waals surface area contributed by atoms with Crippen molar-refractivity contribution in [2.75, 3.05) is 33.3 Å². The SMILES string of the molecule is CCOC(=O)c1ccc(N=C2SC(C(=O)Nc3ccc(C(=O)OC)cc3)CC(=O)N2Cc2ccc(OC)c(OC)c2)cc1. The Kier molecular flexibility index (Phi) is 10.4. The van der Waals surface area contributed by atoms with Crippen LogP contribution in [0.3, 0.4) is 0 Å². The van der Waals surface area contributed by atoms with Gasteiger partial charge in [0.1, 0.15) is 5.25 Å². The van der Waals surface area contributed by atoms with Crippen molar-refractivity contribution in [1.29, 1.82) is 0 Å². The molecule has 1 unspecified atom stereocenters. The largest absolute Gasteiger partial charge is 0.493 e. The highest BCUT2D eigenvalue weighted by atomic mass is 32.2. The standard InChI is InChI=1S/C31H31N3O8S/c1-5-42-30(38)21-9-13-23(14-10-21)33-31-34(18-19-6-15-24(39-2)25(16-19)40-3)27(35)17-26(43-31)28(36)32-22-11-7-20(8-12-22)29(37)41-4/h6-16,26H,5,17-18H2,1-4H3,(H,32,36). The average molecular weight is 606 g/mol. The Labute approximate surface area is 253 Å². The van der Waals surface area contributed by atoms with Crippen molar-refractivity contribution in [3.8, 4) is 11.5 Å². The van der Waals surface area contributed by atoms with Gasteiger partial charge in [0.05, 0.1) is 51.3 Å². The summed E-state index contributed by atoms with van der Waals surface area (Å²) in [5.41, 5.74) is 2.44. The van der Waals surface area contributed by atoms with Gasteiger partial charge in [-0.1, -0.05) is 17.8 Å². The highest BCUT2D eigenvalue weighted by Crippen LogP contribution is 2.33. The fourth-order valence-electron chi connectivity index (χ4n) is 4.19. The second kappa shape index (κ2) is 14.4. The number of anilines is 1. The molecule has 1 N–H and O–H groups in total. The van der Waals surface area contributed by atoms with Crippen molar-refractivity contribution in [1.82, 2.24) is 4.90 Å². The van der Waals surface area contributed by atoms with Crippen LogP contribution in [0.15, 0.2) is 71.7 Å². The maximum atomic E-state index is 13.5. The summed E-state index contributed by atoms with van der Waals surface area (Å²) >= 11 is 1.15. The van der Waals surface area contributed by atoms with Crippen LogP contribution in [-0.2, 0) is 25.6 Å². The molecule has 0 bridgehead atoms. The lowest BCUT2D eigenvalue weighted by Gasteiger charge is -2.32. The molecular weight excluding hydrogens is 574 g/mol. The van der Waals surface area contributed by atoms with E-state index >= 15 is 0 Å². The quantitative estimate of drug-likeness (QED) is 0.323. The van der Waals surface area contributed by atoms with E-state index in [2.05, 4.69) is 5.32 Å². The van der Waals surface area contributed by atoms with Gasteiger partial charge in [0.15, 0.2) is 16.7 Å². The summed E-state index contributed by atoms with van der Waals surface area (Å²) < 4.78 is 20.5. The Bertz CT molecular complexity index is 1520. The van der Waals surface area contributed by atoms with Crippen LogP contribution in [-0.4, -0.2) is 67.0 Å². The highest BCUT2D eigenvalue weighted by Gasteiger charge is 2.36. The molecule has 224 valence electrons. The third kappa shape index (κ3) is 7.72. The Morgan fingerprint density at radius 1 is 0.907 bits per heavy atom. The summed E-state index contributed by atoms with van der Waals surface area (Å²) in [6.07, 6.45) is -0.0646. The molecule has 0 radical (unpaired) electrons. The number of amides is 2. The van der Waals surface area contributed by atoms with Gasteiger partial charge in [-0.2, -0.15) is 0 Å². The molecule has 1 heterocycles. The molecule has 12 heteroatoms. The number of benzene rings is 3. The number of esters is 2. The summed E-state index contributed by atoms with van der Waals surface area (Å²) in [6, 6.07) is 18.1. The zero-order chi connectivity index (χ0) is 30.9. The minimum absolute atomic E-state index is 0.0646. The first kappa shape index (κ1) is 31.1. The third-order valence-electron chi connectivity index (χ3n) is 6.40. The summed E-state index contributed by atoms with van der Waals surface area (Å²) in [5, 5.41) is 2.35. The number of nitrogens with zero attached hydrogens (tertiary/aromatic N) is 2. The molecule has 0 aromatic heterocycles. The number of ether oxygens (including phenoxy) is 4. The predicted octanol–water partition coefficient (Wildman–Crippen LogP) is 4.83. The van der Waals surface area contributed by atoms with Gasteiger partial charge in [0.2, 0.25) is 11.8 Å². The number of carbonyl (C=O) groups is 4. The molecule has 1 fully saturated rings. The summed E-state index contributed by atoms with van der Waals surface area (Å²) in [7, 11) is 4.36. The minimum atomic E-state index is -0.771. The average Bonchev–Trinajstić information content (AvgIpc) is 3.02. The van der Waals surface area contributed by atoms with E-state index < -0.39 is 17.2 Å². The molecule has 3 aromatic rings. The van der Waals surface area contributed by atoms with Crippen LogP contribution >= 0.6 is 11.8 Å². The Morgan fingerprint density at radius 3 is 2.19 bits per heavy atom. The Balaban J connectivity index is 1.60. The van der Waals surface area contributed by atoms with Gasteiger partial charge in [-0.25, -0.2) is 14.6 Å². The van der Waals surface area contributed by atoms with Crippen LogP contribution in [0.25, 0.3) is 0 Å². The number of nitrogens with one attached hydrogen (secondary N) is 1. The fourth-order valence-corrected chi connectivity index (χ4v) is 5.28. The van der Waals surface area contributed by atoms with Gasteiger partial charge < -0.3 is 24.3 Å². The predicted molar refractivity (Wildman–Crippen MR) is 162 cm³/mol. The number of hydrogen-bond acceptors (Lipinski definition) is 10. The first-order chi connectivity index (χ1) is 20.8. The number of methoxy groups -OCH3 is 3. The van der Waals surface area contributed by atoms with Crippen molar-refractivity contribution >= 4 is 52.1 Å². The van der Waals surface area contributed by atoms with Gasteiger partial charge >= 0.3 is 11.9 Å². The fraction of sp³-hybridized carbons (Fsp3) is 0.258. The van der Waals surface area contributed by atoms with Crippen LogP contribution in [0.2, 0.25) is 0 Å². The molecule has 11 nitrogen and oxygen atoms in total. The molecule has 4 rings (SSSR count). The molecule has 0 aliphatic carbocycles. The molecule has 0 saturated carbocycles. The van der Waals surface area contributed by atoms with Crippen LogP contribution in [0.4, 0.5) is 11.4 Å². The summed E-state index contributed by atoms with van der Waals surface area (Å²) in [5.74, 6) is -0.553. The lowest BCUT2D eigenvalue weighted by molar-refractivity contribution is -0.129. The Morgan fingerprint density at radius 2 is 1.56 bits per heavy atom. The summed E-state index contributed by atoms with van der Waals surface area (Å²) in [4.78, 5) is 56.8. The molecular formula is C31H31N3O8S. The van der Waals surface area contributed by atoms with Crippen molar-refractivity contribution in [2.45, 2.75) is 25.1 Å². The monoisotopic (exact) mass is 605 g/mol. The lowest BCUT2D eigenvalue weighted by Crippen LogP contribution is -2.44. The maximum absolute atomic E-state index is 13.5. The molecule has 1 atom stereocenters. The van der Waals surface area contributed by atoms with Crippen LogP contribution in [0.1, 0.15) is 39.6 Å². The van der Waals surface area contributed by atoms with Crippen molar-refractivity contribution in [3.05, 3.63) is 83.4 Å². The van der Waals surface area contributed by atoms with Gasteiger partial charge in [-0.15, -0.1) is 0 Å². The van der Waals surface area contributed by atoms with Gasteiger partial charge in [0.25, 0.3) is 0 Å². The molecule has 3 aromatic carbocycles. The van der Waals surface area contributed by atoms with E-state index in [0.717, 1.165) is 17.3 Å². The first-order valence-corrected chi connectivity index (χ1v) is 14.2. The van der Waals surface area contributed by atoms with Crippen LogP contribution in [0.5, 0.6) is 11.5 Å². The zero-order valence-electron chi connectivity index (χ0n) is 24.1.